The average Bonchev–Trinajstić information content (AvgIpc) is 3.09. The summed E-state index contributed by atoms with van der Waals surface area (Å²) in [4.78, 5) is 12.0. The van der Waals surface area contributed by atoms with E-state index in [2.05, 4.69) is 5.32 Å². The van der Waals surface area contributed by atoms with Gasteiger partial charge >= 0.3 is 0 Å². The number of rotatable bonds is 7. The lowest BCUT2D eigenvalue weighted by Crippen LogP contribution is -2.31. The number of carbonyl (C=O) groups excluding carboxylic acids is 1. The molecule has 2 rings (SSSR count). The van der Waals surface area contributed by atoms with Crippen molar-refractivity contribution >= 4 is 21.6 Å². The van der Waals surface area contributed by atoms with Gasteiger partial charge in [0.25, 0.3) is 0 Å². The number of benzene rings is 1. The van der Waals surface area contributed by atoms with Gasteiger partial charge in [0.05, 0.1) is 25.7 Å². The van der Waals surface area contributed by atoms with Crippen LogP contribution in [0.4, 0.5) is 5.69 Å². The van der Waals surface area contributed by atoms with E-state index in [-0.39, 0.29) is 18.1 Å². The topological polar surface area (TPSA) is 84.9 Å². The van der Waals surface area contributed by atoms with Crippen molar-refractivity contribution < 1.29 is 22.7 Å². The Kier molecular flexibility index (Phi) is 5.84. The van der Waals surface area contributed by atoms with Crippen LogP contribution in [0, 0.1) is 0 Å². The molecule has 0 unspecified atom stereocenters. The van der Waals surface area contributed by atoms with Gasteiger partial charge in [-0.1, -0.05) is 0 Å². The number of anilines is 1. The maximum absolute atomic E-state index is 12.1. The van der Waals surface area contributed by atoms with E-state index in [1.807, 2.05) is 0 Å². The minimum Gasteiger partial charge on any atom is -0.497 e. The molecule has 0 bridgehead atoms. The maximum Gasteiger partial charge on any atom is 0.225 e. The lowest BCUT2D eigenvalue weighted by atomic mass is 10.2. The van der Waals surface area contributed by atoms with Crippen LogP contribution in [-0.4, -0.2) is 51.7 Å². The van der Waals surface area contributed by atoms with Crippen LogP contribution in [0.25, 0.3) is 0 Å². The van der Waals surface area contributed by atoms with E-state index in [0.717, 1.165) is 12.8 Å². The second-order valence-corrected chi connectivity index (χ2v) is 7.38. The van der Waals surface area contributed by atoms with Crippen molar-refractivity contribution in [2.24, 2.45) is 0 Å². The van der Waals surface area contributed by atoms with Crippen LogP contribution < -0.4 is 14.8 Å². The highest BCUT2D eigenvalue weighted by Gasteiger charge is 2.25. The van der Waals surface area contributed by atoms with Gasteiger partial charge in [0.15, 0.2) is 0 Å². The predicted molar refractivity (Wildman–Crippen MR) is 87.4 cm³/mol. The molecule has 23 heavy (non-hydrogen) atoms. The summed E-state index contributed by atoms with van der Waals surface area (Å²) in [5.41, 5.74) is 0.483. The summed E-state index contributed by atoms with van der Waals surface area (Å²) in [5.74, 6) is 0.518. The van der Waals surface area contributed by atoms with Crippen molar-refractivity contribution in [3.63, 3.8) is 0 Å². The molecule has 1 saturated heterocycles. The number of nitrogens with zero attached hydrogens (tertiary/aromatic N) is 1. The van der Waals surface area contributed by atoms with Gasteiger partial charge in [-0.25, -0.2) is 12.7 Å². The molecule has 1 N–H and O–H groups in total. The first kappa shape index (κ1) is 17.6. The second kappa shape index (κ2) is 7.65. The highest BCUT2D eigenvalue weighted by atomic mass is 32.2. The molecule has 0 aliphatic carbocycles. The number of amides is 1. The lowest BCUT2D eigenvalue weighted by molar-refractivity contribution is -0.115. The highest BCUT2D eigenvalue weighted by Crippen LogP contribution is 2.29. The van der Waals surface area contributed by atoms with Crippen LogP contribution in [-0.2, 0) is 14.8 Å². The quantitative estimate of drug-likeness (QED) is 0.811. The monoisotopic (exact) mass is 342 g/mol. The Morgan fingerprint density at radius 3 is 2.52 bits per heavy atom. The van der Waals surface area contributed by atoms with Crippen LogP contribution in [0.15, 0.2) is 18.2 Å². The van der Waals surface area contributed by atoms with Gasteiger partial charge in [0.1, 0.15) is 11.5 Å². The van der Waals surface area contributed by atoms with E-state index in [0.29, 0.717) is 30.3 Å². The third-order valence-electron chi connectivity index (χ3n) is 3.73. The molecule has 1 aliphatic rings. The van der Waals surface area contributed by atoms with E-state index in [1.165, 1.54) is 18.5 Å². The van der Waals surface area contributed by atoms with Crippen LogP contribution in [0.2, 0.25) is 0 Å². The molecular weight excluding hydrogens is 320 g/mol. The zero-order chi connectivity index (χ0) is 16.9. The summed E-state index contributed by atoms with van der Waals surface area (Å²) in [5, 5.41) is 2.67. The molecule has 1 fully saturated rings. The number of ether oxygens (including phenoxy) is 2. The largest absolute Gasteiger partial charge is 0.497 e. The van der Waals surface area contributed by atoms with Crippen molar-refractivity contribution in [1.29, 1.82) is 0 Å². The minimum absolute atomic E-state index is 0.0893. The van der Waals surface area contributed by atoms with Crippen LogP contribution >= 0.6 is 0 Å². The Bertz CT molecular complexity index is 654. The molecule has 0 atom stereocenters. The zero-order valence-electron chi connectivity index (χ0n) is 13.4. The average molecular weight is 342 g/mol. The van der Waals surface area contributed by atoms with Crippen LogP contribution in [0.3, 0.4) is 0 Å². The molecule has 0 radical (unpaired) electrons. The zero-order valence-corrected chi connectivity index (χ0v) is 14.2. The molecule has 1 aromatic carbocycles. The van der Waals surface area contributed by atoms with E-state index in [4.69, 9.17) is 9.47 Å². The summed E-state index contributed by atoms with van der Waals surface area (Å²) in [6.45, 7) is 1.10. The first-order valence-electron chi connectivity index (χ1n) is 7.46. The van der Waals surface area contributed by atoms with Crippen molar-refractivity contribution in [3.05, 3.63) is 18.2 Å². The van der Waals surface area contributed by atoms with Crippen LogP contribution in [0.1, 0.15) is 19.3 Å². The number of hydrogen-bond donors (Lipinski definition) is 1. The number of methoxy groups -OCH3 is 2. The second-order valence-electron chi connectivity index (χ2n) is 5.29. The molecule has 128 valence electrons. The standard InChI is InChI=1S/C15H22N2O5S/c1-21-12-5-6-13(14(11-12)22-2)16-15(18)7-10-23(19,20)17-8-3-4-9-17/h5-6,11H,3-4,7-10H2,1-2H3,(H,16,18). The summed E-state index contributed by atoms with van der Waals surface area (Å²) in [6, 6.07) is 5.00. The molecule has 1 aromatic rings. The lowest BCUT2D eigenvalue weighted by Gasteiger charge is -2.15. The van der Waals surface area contributed by atoms with Gasteiger partial charge in [-0.2, -0.15) is 0 Å². The number of sulfonamides is 1. The number of carbonyl (C=O) groups is 1. The van der Waals surface area contributed by atoms with Gasteiger partial charge in [0.2, 0.25) is 15.9 Å². The van der Waals surface area contributed by atoms with Gasteiger partial charge in [-0.3, -0.25) is 4.79 Å². The first-order chi connectivity index (χ1) is 11.0. The van der Waals surface area contributed by atoms with Gasteiger partial charge in [-0.05, 0) is 25.0 Å². The van der Waals surface area contributed by atoms with E-state index >= 15 is 0 Å². The highest BCUT2D eigenvalue weighted by molar-refractivity contribution is 7.89. The fourth-order valence-electron chi connectivity index (χ4n) is 2.43. The van der Waals surface area contributed by atoms with Crippen molar-refractivity contribution in [2.45, 2.75) is 19.3 Å². The number of hydrogen-bond acceptors (Lipinski definition) is 5. The Hall–Kier alpha value is -1.80. The van der Waals surface area contributed by atoms with E-state index in [1.54, 1.807) is 18.2 Å². The Morgan fingerprint density at radius 2 is 1.91 bits per heavy atom. The summed E-state index contributed by atoms with van der Waals surface area (Å²) in [6.07, 6.45) is 1.68. The van der Waals surface area contributed by atoms with Crippen molar-refractivity contribution in [2.75, 3.05) is 38.4 Å². The summed E-state index contributed by atoms with van der Waals surface area (Å²) < 4.78 is 35.9. The smallest absolute Gasteiger partial charge is 0.225 e. The molecule has 0 aromatic heterocycles. The fraction of sp³-hybridized carbons (Fsp3) is 0.533. The summed E-state index contributed by atoms with van der Waals surface area (Å²) in [7, 11) is -0.326. The fourth-order valence-corrected chi connectivity index (χ4v) is 3.95. The van der Waals surface area contributed by atoms with Gasteiger partial charge in [-0.15, -0.1) is 0 Å². The molecule has 0 spiro atoms. The SMILES string of the molecule is COc1ccc(NC(=O)CCS(=O)(=O)N2CCCC2)c(OC)c1. The normalized spacial score (nSPS) is 15.4. The number of nitrogens with one attached hydrogen (secondary N) is 1. The molecular formula is C15H22N2O5S. The van der Waals surface area contributed by atoms with Crippen molar-refractivity contribution in [3.8, 4) is 11.5 Å². The van der Waals surface area contributed by atoms with E-state index < -0.39 is 10.0 Å². The molecule has 1 amide bonds. The van der Waals surface area contributed by atoms with Crippen molar-refractivity contribution in [1.82, 2.24) is 4.31 Å². The van der Waals surface area contributed by atoms with Gasteiger partial charge < -0.3 is 14.8 Å². The summed E-state index contributed by atoms with van der Waals surface area (Å²) >= 11 is 0. The molecule has 1 heterocycles. The Morgan fingerprint density at radius 1 is 1.22 bits per heavy atom. The van der Waals surface area contributed by atoms with Crippen LogP contribution in [0.5, 0.6) is 11.5 Å². The first-order valence-corrected chi connectivity index (χ1v) is 9.07. The molecule has 8 heteroatoms. The maximum atomic E-state index is 12.1. The molecule has 0 saturated carbocycles. The predicted octanol–water partition coefficient (Wildman–Crippen LogP) is 1.46. The molecule has 1 aliphatic heterocycles. The third-order valence-corrected chi connectivity index (χ3v) is 5.60. The van der Waals surface area contributed by atoms with E-state index in [9.17, 15) is 13.2 Å². The van der Waals surface area contributed by atoms with Gasteiger partial charge in [0, 0.05) is 25.6 Å². The molecule has 7 nitrogen and oxygen atoms in total. The Labute approximate surface area is 136 Å². The minimum atomic E-state index is -3.35. The third kappa shape index (κ3) is 4.59. The Balaban J connectivity index is 1.94.